The van der Waals surface area contributed by atoms with Crippen LogP contribution in [0.5, 0.6) is 0 Å². The first-order valence-electron chi connectivity index (χ1n) is 8.36. The van der Waals surface area contributed by atoms with E-state index in [0.29, 0.717) is 12.0 Å². The second-order valence-corrected chi connectivity index (χ2v) is 6.97. The summed E-state index contributed by atoms with van der Waals surface area (Å²) in [6.07, 6.45) is 3.75. The zero-order valence-electron chi connectivity index (χ0n) is 13.3. The molecule has 3 rings (SSSR count). The lowest BCUT2D eigenvalue weighted by molar-refractivity contribution is 0.0302. The molecule has 1 aromatic carbocycles. The Morgan fingerprint density at radius 3 is 2.67 bits per heavy atom. The number of hydrogen-bond acceptors (Lipinski definition) is 2. The summed E-state index contributed by atoms with van der Waals surface area (Å²) in [5.41, 5.74) is 1.24. The molecule has 0 aliphatic carbocycles. The molecular weight excluding hydrogens is 263 g/mol. The third kappa shape index (κ3) is 3.46. The highest BCUT2D eigenvalue weighted by atomic mass is 19.1. The van der Waals surface area contributed by atoms with Gasteiger partial charge in [0.2, 0.25) is 0 Å². The predicted molar refractivity (Wildman–Crippen MR) is 84.9 cm³/mol. The van der Waals surface area contributed by atoms with Crippen molar-refractivity contribution >= 4 is 0 Å². The minimum atomic E-state index is -0.140. The van der Waals surface area contributed by atoms with Crippen LogP contribution in [0.2, 0.25) is 0 Å². The van der Waals surface area contributed by atoms with Gasteiger partial charge in [0.25, 0.3) is 0 Å². The molecule has 2 fully saturated rings. The smallest absolute Gasteiger partial charge is 0.123 e. The first-order valence-corrected chi connectivity index (χ1v) is 8.36. The fraction of sp³-hybridized carbons (Fsp3) is 0.667. The van der Waals surface area contributed by atoms with Crippen LogP contribution in [-0.4, -0.2) is 48.1 Å². The topological polar surface area (TPSA) is 6.48 Å². The molecule has 0 bridgehead atoms. The second kappa shape index (κ2) is 6.45. The Bertz CT molecular complexity index is 457. The summed E-state index contributed by atoms with van der Waals surface area (Å²) in [5.74, 6) is 0.554. The van der Waals surface area contributed by atoms with Gasteiger partial charge in [-0.25, -0.2) is 4.39 Å². The summed E-state index contributed by atoms with van der Waals surface area (Å²) < 4.78 is 13.0. The lowest BCUT2D eigenvalue weighted by Gasteiger charge is -2.45. The molecule has 0 N–H and O–H groups in total. The Morgan fingerprint density at radius 1 is 1.19 bits per heavy atom. The average Bonchev–Trinajstić information content (AvgIpc) is 2.92. The molecule has 1 aromatic rings. The van der Waals surface area contributed by atoms with Crippen molar-refractivity contribution in [3.63, 3.8) is 0 Å². The molecule has 2 atom stereocenters. The van der Waals surface area contributed by atoms with E-state index in [1.54, 1.807) is 12.1 Å². The fourth-order valence-electron chi connectivity index (χ4n) is 3.92. The maximum absolute atomic E-state index is 13.0. The lowest BCUT2D eigenvalue weighted by Crippen LogP contribution is -2.58. The average molecular weight is 290 g/mol. The summed E-state index contributed by atoms with van der Waals surface area (Å²) in [4.78, 5) is 5.37. The molecule has 0 radical (unpaired) electrons. The normalized spacial score (nSPS) is 27.2. The van der Waals surface area contributed by atoms with Gasteiger partial charge >= 0.3 is 0 Å². The van der Waals surface area contributed by atoms with Crippen LogP contribution >= 0.6 is 0 Å². The molecule has 2 nitrogen and oxygen atoms in total. The standard InChI is InChI=1S/C18H27FN2/c1-14(2)18-13-20-10-3-4-17(20)12-21(18)11-9-15-5-7-16(19)8-6-15/h5-8,14,17-18H,3-4,9-13H2,1-2H3. The van der Waals surface area contributed by atoms with Crippen molar-refractivity contribution in [2.24, 2.45) is 5.92 Å². The molecule has 2 unspecified atom stereocenters. The van der Waals surface area contributed by atoms with Gasteiger partial charge in [0.15, 0.2) is 0 Å². The van der Waals surface area contributed by atoms with Crippen LogP contribution in [0.3, 0.4) is 0 Å². The second-order valence-electron chi connectivity index (χ2n) is 6.97. The number of rotatable bonds is 4. The number of piperazine rings is 1. The molecular formula is C18H27FN2. The molecule has 3 heteroatoms. The van der Waals surface area contributed by atoms with Gasteiger partial charge in [0.05, 0.1) is 0 Å². The van der Waals surface area contributed by atoms with Gasteiger partial charge in [-0.15, -0.1) is 0 Å². The van der Waals surface area contributed by atoms with Crippen LogP contribution in [0, 0.1) is 11.7 Å². The van der Waals surface area contributed by atoms with E-state index in [-0.39, 0.29) is 5.82 Å². The molecule has 0 aromatic heterocycles. The number of nitrogens with zero attached hydrogens (tertiary/aromatic N) is 2. The molecule has 2 aliphatic rings. The van der Waals surface area contributed by atoms with E-state index in [1.165, 1.54) is 38.0 Å². The SMILES string of the molecule is CC(C)C1CN2CCCC2CN1CCc1ccc(F)cc1. The lowest BCUT2D eigenvalue weighted by atomic mass is 9.96. The van der Waals surface area contributed by atoms with Gasteiger partial charge in [-0.2, -0.15) is 0 Å². The minimum absolute atomic E-state index is 0.140. The Kier molecular flexibility index (Phi) is 4.60. The predicted octanol–water partition coefficient (Wildman–Crippen LogP) is 3.17. The highest BCUT2D eigenvalue weighted by molar-refractivity contribution is 5.16. The number of halogens is 1. The van der Waals surface area contributed by atoms with E-state index < -0.39 is 0 Å². The van der Waals surface area contributed by atoms with E-state index in [9.17, 15) is 4.39 Å². The van der Waals surface area contributed by atoms with Crippen LogP contribution in [0.4, 0.5) is 4.39 Å². The van der Waals surface area contributed by atoms with E-state index in [2.05, 4.69) is 23.6 Å². The highest BCUT2D eigenvalue weighted by Gasteiger charge is 2.36. The number of benzene rings is 1. The van der Waals surface area contributed by atoms with Gasteiger partial charge in [-0.3, -0.25) is 9.80 Å². The van der Waals surface area contributed by atoms with Crippen LogP contribution in [-0.2, 0) is 6.42 Å². The largest absolute Gasteiger partial charge is 0.298 e. The van der Waals surface area contributed by atoms with Crippen molar-refractivity contribution in [3.05, 3.63) is 35.6 Å². The van der Waals surface area contributed by atoms with Gasteiger partial charge < -0.3 is 0 Å². The maximum Gasteiger partial charge on any atom is 0.123 e. The van der Waals surface area contributed by atoms with Crippen molar-refractivity contribution in [1.82, 2.24) is 9.80 Å². The van der Waals surface area contributed by atoms with E-state index in [1.807, 2.05) is 12.1 Å². The molecule has 2 heterocycles. The van der Waals surface area contributed by atoms with Crippen LogP contribution in [0.15, 0.2) is 24.3 Å². The first kappa shape index (κ1) is 15.0. The molecule has 0 amide bonds. The van der Waals surface area contributed by atoms with Gasteiger partial charge in [-0.1, -0.05) is 26.0 Å². The van der Waals surface area contributed by atoms with Crippen molar-refractivity contribution in [3.8, 4) is 0 Å². The molecule has 2 aliphatic heterocycles. The Balaban J connectivity index is 1.62. The summed E-state index contributed by atoms with van der Waals surface area (Å²) in [7, 11) is 0. The van der Waals surface area contributed by atoms with Crippen molar-refractivity contribution in [2.75, 3.05) is 26.2 Å². The summed E-state index contributed by atoms with van der Waals surface area (Å²) >= 11 is 0. The quantitative estimate of drug-likeness (QED) is 0.840. The molecule has 2 saturated heterocycles. The van der Waals surface area contributed by atoms with Crippen LogP contribution in [0.25, 0.3) is 0 Å². The Hall–Kier alpha value is -0.930. The fourth-order valence-corrected chi connectivity index (χ4v) is 3.92. The molecule has 0 saturated carbocycles. The monoisotopic (exact) mass is 290 g/mol. The van der Waals surface area contributed by atoms with Crippen LogP contribution in [0.1, 0.15) is 32.3 Å². The number of fused-ring (bicyclic) bond motifs is 1. The Morgan fingerprint density at radius 2 is 1.95 bits per heavy atom. The molecule has 21 heavy (non-hydrogen) atoms. The van der Waals surface area contributed by atoms with Crippen molar-refractivity contribution in [2.45, 2.75) is 45.2 Å². The number of hydrogen-bond donors (Lipinski definition) is 0. The molecule has 116 valence electrons. The minimum Gasteiger partial charge on any atom is -0.298 e. The third-order valence-electron chi connectivity index (χ3n) is 5.21. The first-order chi connectivity index (χ1) is 10.1. The van der Waals surface area contributed by atoms with Gasteiger partial charge in [0.1, 0.15) is 5.82 Å². The summed E-state index contributed by atoms with van der Waals surface area (Å²) in [6.45, 7) is 9.51. The Labute approximate surface area is 127 Å². The zero-order valence-corrected chi connectivity index (χ0v) is 13.3. The molecule has 0 spiro atoms. The summed E-state index contributed by atoms with van der Waals surface area (Å²) in [6, 6.07) is 8.43. The van der Waals surface area contributed by atoms with E-state index >= 15 is 0 Å². The van der Waals surface area contributed by atoms with Crippen LogP contribution < -0.4 is 0 Å². The highest BCUT2D eigenvalue weighted by Crippen LogP contribution is 2.27. The van der Waals surface area contributed by atoms with Crippen molar-refractivity contribution in [1.29, 1.82) is 0 Å². The van der Waals surface area contributed by atoms with Gasteiger partial charge in [0, 0.05) is 31.7 Å². The van der Waals surface area contributed by atoms with Crippen molar-refractivity contribution < 1.29 is 4.39 Å². The summed E-state index contributed by atoms with van der Waals surface area (Å²) in [5, 5.41) is 0. The van der Waals surface area contributed by atoms with E-state index in [0.717, 1.165) is 19.0 Å². The third-order valence-corrected chi connectivity index (χ3v) is 5.21. The zero-order chi connectivity index (χ0) is 14.8. The van der Waals surface area contributed by atoms with Gasteiger partial charge in [-0.05, 0) is 49.4 Å². The maximum atomic E-state index is 13.0. The van der Waals surface area contributed by atoms with E-state index in [4.69, 9.17) is 0 Å².